The molecule has 6 nitrogen and oxygen atoms in total. The van der Waals surface area contributed by atoms with Crippen molar-refractivity contribution in [2.24, 2.45) is 0 Å². The quantitative estimate of drug-likeness (QED) is 0.365. The van der Waals surface area contributed by atoms with E-state index in [9.17, 15) is 14.9 Å². The van der Waals surface area contributed by atoms with Crippen molar-refractivity contribution in [1.82, 2.24) is 0 Å². The van der Waals surface area contributed by atoms with Gasteiger partial charge in [0.25, 0.3) is 5.69 Å². The highest BCUT2D eigenvalue weighted by Gasteiger charge is 2.13. The van der Waals surface area contributed by atoms with Crippen LogP contribution in [-0.4, -0.2) is 17.3 Å². The highest BCUT2D eigenvalue weighted by atomic mass is 16.6. The molecule has 3 rings (SSSR count). The summed E-state index contributed by atoms with van der Waals surface area (Å²) in [6, 6.07) is 20.2. The number of nitrogens with zero attached hydrogens (tertiary/aromatic N) is 1. The van der Waals surface area contributed by atoms with E-state index in [1.807, 2.05) is 6.92 Å². The van der Waals surface area contributed by atoms with E-state index in [1.165, 1.54) is 6.07 Å². The van der Waals surface area contributed by atoms with Crippen LogP contribution in [0.3, 0.4) is 0 Å². The number of carbonyl (C=O) groups is 1. The first-order chi connectivity index (χ1) is 13.1. The zero-order valence-electron chi connectivity index (χ0n) is 14.7. The van der Waals surface area contributed by atoms with Crippen LogP contribution in [0.1, 0.15) is 22.8 Å². The van der Waals surface area contributed by atoms with Gasteiger partial charge in [0, 0.05) is 22.9 Å². The molecule has 0 bridgehead atoms. The smallest absolute Gasteiger partial charge is 0.292 e. The van der Waals surface area contributed by atoms with Gasteiger partial charge in [-0.15, -0.1) is 0 Å². The van der Waals surface area contributed by atoms with E-state index in [0.717, 1.165) is 5.75 Å². The number of para-hydroxylation sites is 2. The molecule has 1 N–H and O–H groups in total. The number of nitrogens with one attached hydrogen (secondary N) is 1. The second-order valence-corrected chi connectivity index (χ2v) is 5.76. The number of ketones is 1. The summed E-state index contributed by atoms with van der Waals surface area (Å²) in [5.74, 6) is 0.619. The molecule has 136 valence electrons. The predicted molar refractivity (Wildman–Crippen MR) is 104 cm³/mol. The van der Waals surface area contributed by atoms with Crippen LogP contribution in [0, 0.1) is 10.1 Å². The highest BCUT2D eigenvalue weighted by molar-refractivity contribution is 6.09. The van der Waals surface area contributed by atoms with Crippen molar-refractivity contribution >= 4 is 22.8 Å². The fraction of sp³-hybridized carbons (Fsp3) is 0.0952. The summed E-state index contributed by atoms with van der Waals surface area (Å²) in [5.41, 5.74) is 2.15. The Balaban J connectivity index is 1.75. The Morgan fingerprint density at radius 2 is 1.56 bits per heavy atom. The monoisotopic (exact) mass is 362 g/mol. The molecule has 0 fully saturated rings. The molecule has 6 heteroatoms. The number of anilines is 2. The van der Waals surface area contributed by atoms with Crippen LogP contribution in [0.5, 0.6) is 5.75 Å². The third-order valence-corrected chi connectivity index (χ3v) is 3.95. The molecule has 0 aliphatic rings. The Hall–Kier alpha value is -3.67. The maximum Gasteiger partial charge on any atom is 0.292 e. The Morgan fingerprint density at radius 3 is 2.15 bits per heavy atom. The minimum absolute atomic E-state index is 0.00737. The maximum absolute atomic E-state index is 12.6. The molecule has 0 atom stereocenters. The van der Waals surface area contributed by atoms with E-state index in [4.69, 9.17) is 4.74 Å². The van der Waals surface area contributed by atoms with Crippen LogP contribution in [0.25, 0.3) is 0 Å². The molecule has 3 aromatic carbocycles. The average molecular weight is 362 g/mol. The lowest BCUT2D eigenvalue weighted by Gasteiger charge is -2.08. The first kappa shape index (κ1) is 18.1. The van der Waals surface area contributed by atoms with Crippen molar-refractivity contribution < 1.29 is 14.5 Å². The molecular formula is C21H18N2O4. The van der Waals surface area contributed by atoms with Crippen molar-refractivity contribution in [3.8, 4) is 5.75 Å². The molecule has 27 heavy (non-hydrogen) atoms. The van der Waals surface area contributed by atoms with Crippen LogP contribution in [-0.2, 0) is 0 Å². The van der Waals surface area contributed by atoms with Gasteiger partial charge in [-0.25, -0.2) is 0 Å². The first-order valence-electron chi connectivity index (χ1n) is 8.46. The van der Waals surface area contributed by atoms with Crippen LogP contribution in [0.4, 0.5) is 17.1 Å². The van der Waals surface area contributed by atoms with Crippen LogP contribution < -0.4 is 10.1 Å². The molecule has 0 saturated heterocycles. The lowest BCUT2D eigenvalue weighted by Crippen LogP contribution is -2.02. The summed E-state index contributed by atoms with van der Waals surface area (Å²) in [6.07, 6.45) is 0. The number of rotatable bonds is 7. The van der Waals surface area contributed by atoms with E-state index in [-0.39, 0.29) is 11.5 Å². The number of benzene rings is 3. The SMILES string of the molecule is CCOc1ccc(C(=O)c2ccc(Nc3ccccc3[N+](=O)[O-])cc2)cc1. The number of hydrogen-bond acceptors (Lipinski definition) is 5. The van der Waals surface area contributed by atoms with Gasteiger partial charge in [-0.1, -0.05) is 12.1 Å². The van der Waals surface area contributed by atoms with Gasteiger partial charge in [0.05, 0.1) is 11.5 Å². The maximum atomic E-state index is 12.6. The average Bonchev–Trinajstić information content (AvgIpc) is 2.69. The van der Waals surface area contributed by atoms with Gasteiger partial charge >= 0.3 is 0 Å². The third-order valence-electron chi connectivity index (χ3n) is 3.95. The molecule has 0 radical (unpaired) electrons. The van der Waals surface area contributed by atoms with Gasteiger partial charge in [0.2, 0.25) is 0 Å². The Kier molecular flexibility index (Phi) is 5.47. The minimum Gasteiger partial charge on any atom is -0.494 e. The number of nitro benzene ring substituents is 1. The molecule has 0 unspecified atom stereocenters. The Morgan fingerprint density at radius 1 is 0.963 bits per heavy atom. The molecule has 0 heterocycles. The zero-order valence-corrected chi connectivity index (χ0v) is 14.7. The predicted octanol–water partition coefficient (Wildman–Crippen LogP) is 4.97. The van der Waals surface area contributed by atoms with Crippen LogP contribution in [0.15, 0.2) is 72.8 Å². The van der Waals surface area contributed by atoms with Crippen molar-refractivity contribution in [2.75, 3.05) is 11.9 Å². The molecule has 0 spiro atoms. The summed E-state index contributed by atoms with van der Waals surface area (Å²) in [5, 5.41) is 14.1. The molecule has 0 saturated carbocycles. The van der Waals surface area contributed by atoms with E-state index < -0.39 is 4.92 Å². The van der Waals surface area contributed by atoms with Crippen molar-refractivity contribution in [1.29, 1.82) is 0 Å². The van der Waals surface area contributed by atoms with E-state index >= 15 is 0 Å². The molecule has 0 aliphatic heterocycles. The van der Waals surface area contributed by atoms with Crippen molar-refractivity contribution in [3.63, 3.8) is 0 Å². The van der Waals surface area contributed by atoms with Gasteiger partial charge in [-0.05, 0) is 61.5 Å². The topological polar surface area (TPSA) is 81.5 Å². The summed E-state index contributed by atoms with van der Waals surface area (Å²) in [7, 11) is 0. The van der Waals surface area contributed by atoms with Gasteiger partial charge in [0.1, 0.15) is 11.4 Å². The number of ether oxygens (including phenoxy) is 1. The molecular weight excluding hydrogens is 344 g/mol. The molecule has 0 amide bonds. The van der Waals surface area contributed by atoms with Crippen LogP contribution >= 0.6 is 0 Å². The second-order valence-electron chi connectivity index (χ2n) is 5.76. The summed E-state index contributed by atoms with van der Waals surface area (Å²) in [4.78, 5) is 23.2. The van der Waals surface area contributed by atoms with Gasteiger partial charge in [-0.3, -0.25) is 14.9 Å². The summed E-state index contributed by atoms with van der Waals surface area (Å²) in [6.45, 7) is 2.47. The lowest BCUT2D eigenvalue weighted by molar-refractivity contribution is -0.383. The van der Waals surface area contributed by atoms with Crippen molar-refractivity contribution in [3.05, 3.63) is 94.0 Å². The summed E-state index contributed by atoms with van der Waals surface area (Å²) >= 11 is 0. The van der Waals surface area contributed by atoms with E-state index in [0.29, 0.717) is 29.1 Å². The number of nitro groups is 1. The molecule has 3 aromatic rings. The Labute approximate surface area is 156 Å². The zero-order chi connectivity index (χ0) is 19.2. The fourth-order valence-corrected chi connectivity index (χ4v) is 2.63. The number of carbonyl (C=O) groups excluding carboxylic acids is 1. The van der Waals surface area contributed by atoms with E-state index in [1.54, 1.807) is 66.7 Å². The van der Waals surface area contributed by atoms with Crippen LogP contribution in [0.2, 0.25) is 0 Å². The third kappa shape index (κ3) is 4.30. The highest BCUT2D eigenvalue weighted by Crippen LogP contribution is 2.27. The normalized spacial score (nSPS) is 10.3. The summed E-state index contributed by atoms with van der Waals surface area (Å²) < 4.78 is 5.38. The van der Waals surface area contributed by atoms with Crippen molar-refractivity contribution in [2.45, 2.75) is 6.92 Å². The van der Waals surface area contributed by atoms with Gasteiger partial charge in [-0.2, -0.15) is 0 Å². The van der Waals surface area contributed by atoms with E-state index in [2.05, 4.69) is 5.32 Å². The largest absolute Gasteiger partial charge is 0.494 e. The first-order valence-corrected chi connectivity index (χ1v) is 8.46. The minimum atomic E-state index is -0.438. The number of hydrogen-bond donors (Lipinski definition) is 1. The van der Waals surface area contributed by atoms with Gasteiger partial charge < -0.3 is 10.1 Å². The second kappa shape index (κ2) is 8.14. The lowest BCUT2D eigenvalue weighted by atomic mass is 10.0. The standard InChI is InChI=1S/C21H18N2O4/c1-2-27-18-13-9-16(10-14-18)21(24)15-7-11-17(12-8-15)22-19-5-3-4-6-20(19)23(25)26/h3-14,22H,2H2,1H3. The molecule has 0 aliphatic carbocycles. The molecule has 0 aromatic heterocycles. The fourth-order valence-electron chi connectivity index (χ4n) is 2.63. The Bertz CT molecular complexity index is 951. The van der Waals surface area contributed by atoms with Gasteiger partial charge in [0.15, 0.2) is 5.78 Å².